The van der Waals surface area contributed by atoms with E-state index in [0.717, 1.165) is 57.3 Å². The summed E-state index contributed by atoms with van der Waals surface area (Å²) in [5, 5.41) is 0. The van der Waals surface area contributed by atoms with Gasteiger partial charge in [0.1, 0.15) is 0 Å². The number of carbonyl (C=O) groups excluding carboxylic acids is 2. The van der Waals surface area contributed by atoms with Crippen molar-refractivity contribution in [1.82, 2.24) is 14.7 Å². The molecule has 36 heavy (non-hydrogen) atoms. The third-order valence-electron chi connectivity index (χ3n) is 8.65. The van der Waals surface area contributed by atoms with Gasteiger partial charge in [0.05, 0.1) is 18.8 Å². The van der Waals surface area contributed by atoms with Gasteiger partial charge in [-0.15, -0.1) is 0 Å². The fourth-order valence-electron chi connectivity index (χ4n) is 7.00. The Morgan fingerprint density at radius 2 is 1.67 bits per heavy atom. The molecule has 0 aliphatic carbocycles. The number of amides is 2. The number of hydrogen-bond acceptors (Lipinski definition) is 4. The Hall–Kier alpha value is -2.13. The van der Waals surface area contributed by atoms with Gasteiger partial charge in [-0.1, -0.05) is 0 Å². The van der Waals surface area contributed by atoms with Crippen molar-refractivity contribution in [2.45, 2.75) is 63.2 Å². The zero-order valence-electron chi connectivity index (χ0n) is 20.7. The van der Waals surface area contributed by atoms with Crippen LogP contribution in [0.15, 0.2) is 24.3 Å². The summed E-state index contributed by atoms with van der Waals surface area (Å²) in [6.07, 6.45) is 1.81. The molecule has 0 N–H and O–H groups in total. The number of likely N-dealkylation sites (tertiary alicyclic amines) is 1. The molecular weight excluding hydrogens is 471 g/mol. The molecule has 4 heterocycles. The highest BCUT2D eigenvalue weighted by atomic mass is 19.4. The van der Waals surface area contributed by atoms with E-state index in [9.17, 15) is 22.8 Å². The molecule has 0 spiro atoms. The predicted molar refractivity (Wildman–Crippen MR) is 128 cm³/mol. The molecule has 0 bridgehead atoms. The van der Waals surface area contributed by atoms with Gasteiger partial charge in [-0.25, -0.2) is 0 Å². The molecular formula is C27H36F3N3O3. The second kappa shape index (κ2) is 10.7. The monoisotopic (exact) mass is 507 g/mol. The summed E-state index contributed by atoms with van der Waals surface area (Å²) in [4.78, 5) is 32.8. The Bertz CT molecular complexity index is 930. The van der Waals surface area contributed by atoms with Gasteiger partial charge in [-0.3, -0.25) is 14.5 Å². The van der Waals surface area contributed by atoms with Gasteiger partial charge in [0.2, 0.25) is 5.91 Å². The number of carbonyl (C=O) groups is 2. The maximum atomic E-state index is 13.7. The van der Waals surface area contributed by atoms with Gasteiger partial charge < -0.3 is 14.5 Å². The number of nitrogens with zero attached hydrogens (tertiary/aromatic N) is 3. The van der Waals surface area contributed by atoms with Crippen LogP contribution >= 0.6 is 0 Å². The first kappa shape index (κ1) is 25.5. The van der Waals surface area contributed by atoms with E-state index in [1.165, 1.54) is 12.1 Å². The van der Waals surface area contributed by atoms with Crippen LogP contribution in [0.3, 0.4) is 0 Å². The van der Waals surface area contributed by atoms with Crippen molar-refractivity contribution < 1.29 is 27.5 Å². The molecule has 2 amide bonds. The Balaban J connectivity index is 1.33. The number of halogens is 3. The number of morpholine rings is 1. The molecule has 6 nitrogen and oxygen atoms in total. The molecule has 0 radical (unpaired) electrons. The summed E-state index contributed by atoms with van der Waals surface area (Å²) in [6.45, 7) is 5.25. The van der Waals surface area contributed by atoms with E-state index < -0.39 is 11.7 Å². The Morgan fingerprint density at radius 3 is 2.36 bits per heavy atom. The van der Waals surface area contributed by atoms with E-state index >= 15 is 0 Å². The van der Waals surface area contributed by atoms with Gasteiger partial charge in [0, 0.05) is 43.7 Å². The van der Waals surface area contributed by atoms with E-state index in [2.05, 4.69) is 4.90 Å². The average molecular weight is 508 g/mol. The zero-order valence-corrected chi connectivity index (χ0v) is 20.7. The Kier molecular flexibility index (Phi) is 7.58. The topological polar surface area (TPSA) is 53.1 Å². The standard InChI is InChI=1S/C27H36F3N3O3/c28-27(29,30)21-10-8-19(9-11-21)26(35)33-18-20-4-2-12-32-13-3-5-22(25(20)32)23(33)6-1-7-24(34)31-14-16-36-17-15-31/h8-11,20,22-23,25H,1-7,12-18H2/t20-,22+,23+,25-/m0/s1. The molecule has 4 aliphatic heterocycles. The van der Waals surface area contributed by atoms with Gasteiger partial charge >= 0.3 is 6.18 Å². The van der Waals surface area contributed by atoms with Crippen molar-refractivity contribution in [3.8, 4) is 0 Å². The van der Waals surface area contributed by atoms with E-state index in [4.69, 9.17) is 4.74 Å². The molecule has 4 saturated heterocycles. The van der Waals surface area contributed by atoms with Gasteiger partial charge in [0.25, 0.3) is 5.91 Å². The quantitative estimate of drug-likeness (QED) is 0.604. The first-order valence-electron chi connectivity index (χ1n) is 13.4. The summed E-state index contributed by atoms with van der Waals surface area (Å²) in [5.41, 5.74) is -0.439. The second-order valence-electron chi connectivity index (χ2n) is 10.7. The first-order valence-corrected chi connectivity index (χ1v) is 13.4. The van der Waals surface area contributed by atoms with Crippen LogP contribution in [0.25, 0.3) is 0 Å². The third-order valence-corrected chi connectivity index (χ3v) is 8.65. The summed E-state index contributed by atoms with van der Waals surface area (Å²) in [6, 6.07) is 5.08. The number of benzene rings is 1. The largest absolute Gasteiger partial charge is 0.416 e. The maximum Gasteiger partial charge on any atom is 0.416 e. The highest BCUT2D eigenvalue weighted by molar-refractivity contribution is 5.94. The molecule has 4 fully saturated rings. The number of piperidine rings is 3. The smallest absolute Gasteiger partial charge is 0.378 e. The summed E-state index contributed by atoms with van der Waals surface area (Å²) in [5.74, 6) is 0.688. The third kappa shape index (κ3) is 5.28. The van der Waals surface area contributed by atoms with Gasteiger partial charge in [-0.2, -0.15) is 13.2 Å². The molecule has 4 atom stereocenters. The molecule has 4 aliphatic rings. The van der Waals surface area contributed by atoms with Crippen molar-refractivity contribution in [2.24, 2.45) is 11.8 Å². The van der Waals surface area contributed by atoms with Crippen LogP contribution in [0.2, 0.25) is 0 Å². The highest BCUT2D eigenvalue weighted by Gasteiger charge is 2.49. The first-order chi connectivity index (χ1) is 17.3. The minimum absolute atomic E-state index is 0.000526. The van der Waals surface area contributed by atoms with E-state index in [-0.39, 0.29) is 17.9 Å². The van der Waals surface area contributed by atoms with Crippen LogP contribution in [-0.4, -0.2) is 84.5 Å². The fourth-order valence-corrected chi connectivity index (χ4v) is 7.00. The van der Waals surface area contributed by atoms with E-state index in [1.807, 2.05) is 9.80 Å². The number of ether oxygens (including phenoxy) is 1. The lowest BCUT2D eigenvalue weighted by Crippen LogP contribution is -2.65. The number of hydrogen-bond donors (Lipinski definition) is 0. The Morgan fingerprint density at radius 1 is 0.972 bits per heavy atom. The molecule has 198 valence electrons. The lowest BCUT2D eigenvalue weighted by atomic mass is 9.69. The molecule has 1 aromatic carbocycles. The molecule has 0 unspecified atom stereocenters. The van der Waals surface area contributed by atoms with Crippen molar-refractivity contribution in [1.29, 1.82) is 0 Å². The van der Waals surface area contributed by atoms with Crippen LogP contribution in [0.4, 0.5) is 13.2 Å². The van der Waals surface area contributed by atoms with Crippen LogP contribution < -0.4 is 0 Å². The van der Waals surface area contributed by atoms with Crippen LogP contribution in [0, 0.1) is 11.8 Å². The molecule has 5 rings (SSSR count). The Labute approximate surface area is 210 Å². The van der Waals surface area contributed by atoms with Gasteiger partial charge in [0.15, 0.2) is 0 Å². The lowest BCUT2D eigenvalue weighted by Gasteiger charge is -2.57. The van der Waals surface area contributed by atoms with E-state index in [0.29, 0.717) is 69.1 Å². The summed E-state index contributed by atoms with van der Waals surface area (Å²) >= 11 is 0. The lowest BCUT2D eigenvalue weighted by molar-refractivity contribution is -0.137. The number of rotatable bonds is 5. The fraction of sp³-hybridized carbons (Fsp3) is 0.704. The van der Waals surface area contributed by atoms with Crippen LogP contribution in [0.5, 0.6) is 0 Å². The van der Waals surface area contributed by atoms with Crippen LogP contribution in [-0.2, 0) is 15.7 Å². The second-order valence-corrected chi connectivity index (χ2v) is 10.7. The SMILES string of the molecule is O=C(CCC[C@@H]1[C@H]2CCCN3CCC[C@@H](CN1C(=O)c1ccc(C(F)(F)F)cc1)[C@@H]23)N1CCOCC1. The summed E-state index contributed by atoms with van der Waals surface area (Å²) in [7, 11) is 0. The normalized spacial score (nSPS) is 29.1. The van der Waals surface area contributed by atoms with Crippen molar-refractivity contribution >= 4 is 11.8 Å². The van der Waals surface area contributed by atoms with Crippen molar-refractivity contribution in [3.63, 3.8) is 0 Å². The molecule has 9 heteroatoms. The van der Waals surface area contributed by atoms with E-state index in [1.54, 1.807) is 0 Å². The molecule has 0 saturated carbocycles. The zero-order chi connectivity index (χ0) is 25.3. The van der Waals surface area contributed by atoms with Crippen molar-refractivity contribution in [3.05, 3.63) is 35.4 Å². The maximum absolute atomic E-state index is 13.7. The molecule has 0 aromatic heterocycles. The minimum Gasteiger partial charge on any atom is -0.378 e. The van der Waals surface area contributed by atoms with Gasteiger partial charge in [-0.05, 0) is 87.7 Å². The average Bonchev–Trinajstić information content (AvgIpc) is 2.89. The predicted octanol–water partition coefficient (Wildman–Crippen LogP) is 4.05. The number of alkyl halides is 3. The summed E-state index contributed by atoms with van der Waals surface area (Å²) < 4.78 is 44.5. The van der Waals surface area contributed by atoms with Crippen LogP contribution in [0.1, 0.15) is 60.9 Å². The minimum atomic E-state index is -4.43. The van der Waals surface area contributed by atoms with Crippen molar-refractivity contribution in [2.75, 3.05) is 45.9 Å². The molecule has 1 aromatic rings. The highest BCUT2D eigenvalue weighted by Crippen LogP contribution is 2.44.